The Morgan fingerprint density at radius 3 is 3.00 bits per heavy atom. The zero-order chi connectivity index (χ0) is 13.5. The van der Waals surface area contributed by atoms with E-state index in [1.54, 1.807) is 17.8 Å². The molecule has 4 heteroatoms. The molecule has 0 atom stereocenters. The lowest BCUT2D eigenvalue weighted by Crippen LogP contribution is -2.16. The van der Waals surface area contributed by atoms with E-state index in [-0.39, 0.29) is 5.97 Å². The van der Waals surface area contributed by atoms with Crippen molar-refractivity contribution in [2.75, 3.05) is 13.7 Å². The van der Waals surface area contributed by atoms with Crippen molar-refractivity contribution >= 4 is 5.97 Å². The van der Waals surface area contributed by atoms with Gasteiger partial charge in [0, 0.05) is 12.7 Å². The van der Waals surface area contributed by atoms with Crippen LogP contribution >= 0.6 is 0 Å². The highest BCUT2D eigenvalue weighted by atomic mass is 16.5. The van der Waals surface area contributed by atoms with Gasteiger partial charge in [-0.05, 0) is 44.4 Å². The molecule has 0 aromatic carbocycles. The lowest BCUT2D eigenvalue weighted by molar-refractivity contribution is 0.0600. The van der Waals surface area contributed by atoms with Crippen molar-refractivity contribution in [2.45, 2.75) is 32.2 Å². The quantitative estimate of drug-likeness (QED) is 0.485. The van der Waals surface area contributed by atoms with Crippen molar-refractivity contribution in [3.8, 4) is 0 Å². The molecule has 4 nitrogen and oxygen atoms in total. The number of pyridine rings is 1. The van der Waals surface area contributed by atoms with Gasteiger partial charge in [0.2, 0.25) is 0 Å². The largest absolute Gasteiger partial charge is 0.465 e. The van der Waals surface area contributed by atoms with Crippen LogP contribution < -0.4 is 5.32 Å². The number of esters is 1. The van der Waals surface area contributed by atoms with E-state index in [2.05, 4.69) is 21.1 Å². The van der Waals surface area contributed by atoms with Gasteiger partial charge in [-0.25, -0.2) is 4.79 Å². The highest BCUT2D eigenvalue weighted by Gasteiger charge is 2.06. The normalized spacial score (nSPS) is 14.3. The topological polar surface area (TPSA) is 51.2 Å². The smallest absolute Gasteiger partial charge is 0.339 e. The molecule has 0 aliphatic heterocycles. The molecule has 0 saturated carbocycles. The van der Waals surface area contributed by atoms with Gasteiger partial charge >= 0.3 is 5.97 Å². The molecule has 0 bridgehead atoms. The minimum Gasteiger partial charge on any atom is -0.465 e. The molecule has 1 aromatic heterocycles. The lowest BCUT2D eigenvalue weighted by Gasteiger charge is -2.05. The summed E-state index contributed by atoms with van der Waals surface area (Å²) in [6.45, 7) is 1.71. The lowest BCUT2D eigenvalue weighted by atomic mass is 10.1. The summed E-state index contributed by atoms with van der Waals surface area (Å²) in [6.07, 6.45) is 8.85. The SMILES string of the molecule is COC(=O)c1ccc(CNCCC2=CCCC2)nc1. The molecule has 0 unspecified atom stereocenters. The Kier molecular flexibility index (Phi) is 5.10. The van der Waals surface area contributed by atoms with Crippen molar-refractivity contribution in [1.29, 1.82) is 0 Å². The molecule has 1 heterocycles. The Hall–Kier alpha value is -1.68. The molecule has 1 aliphatic carbocycles. The predicted octanol–water partition coefficient (Wildman–Crippen LogP) is 2.46. The summed E-state index contributed by atoms with van der Waals surface area (Å²) in [6, 6.07) is 3.60. The minimum atomic E-state index is -0.347. The van der Waals surface area contributed by atoms with E-state index in [1.165, 1.54) is 26.4 Å². The maximum absolute atomic E-state index is 11.2. The predicted molar refractivity (Wildman–Crippen MR) is 73.8 cm³/mol. The first-order valence-electron chi connectivity index (χ1n) is 6.71. The Labute approximate surface area is 113 Å². The Morgan fingerprint density at radius 2 is 2.37 bits per heavy atom. The van der Waals surface area contributed by atoms with Gasteiger partial charge in [0.15, 0.2) is 0 Å². The highest BCUT2D eigenvalue weighted by molar-refractivity contribution is 5.88. The second kappa shape index (κ2) is 7.04. The highest BCUT2D eigenvalue weighted by Crippen LogP contribution is 2.19. The van der Waals surface area contributed by atoms with Gasteiger partial charge in [-0.3, -0.25) is 4.98 Å². The van der Waals surface area contributed by atoms with E-state index < -0.39 is 0 Å². The van der Waals surface area contributed by atoms with Gasteiger partial charge in [0.05, 0.1) is 18.4 Å². The number of nitrogens with zero attached hydrogens (tertiary/aromatic N) is 1. The Balaban J connectivity index is 1.72. The molecular formula is C15H20N2O2. The van der Waals surface area contributed by atoms with Gasteiger partial charge in [0.25, 0.3) is 0 Å². The summed E-state index contributed by atoms with van der Waals surface area (Å²) in [5, 5.41) is 3.37. The van der Waals surface area contributed by atoms with Crippen LogP contribution in [0.4, 0.5) is 0 Å². The minimum absolute atomic E-state index is 0.347. The Morgan fingerprint density at radius 1 is 1.47 bits per heavy atom. The number of rotatable bonds is 6. The molecule has 0 saturated heterocycles. The second-order valence-corrected chi connectivity index (χ2v) is 4.71. The van der Waals surface area contributed by atoms with Gasteiger partial charge in [-0.2, -0.15) is 0 Å². The van der Waals surface area contributed by atoms with Gasteiger partial charge in [0.1, 0.15) is 0 Å². The van der Waals surface area contributed by atoms with Crippen LogP contribution in [0.5, 0.6) is 0 Å². The first-order valence-corrected chi connectivity index (χ1v) is 6.71. The number of carbonyl (C=O) groups excluding carboxylic acids is 1. The molecule has 19 heavy (non-hydrogen) atoms. The van der Waals surface area contributed by atoms with Crippen LogP contribution in [-0.2, 0) is 11.3 Å². The molecule has 0 radical (unpaired) electrons. The molecule has 1 aliphatic rings. The van der Waals surface area contributed by atoms with Crippen molar-refractivity contribution in [3.63, 3.8) is 0 Å². The number of hydrogen-bond acceptors (Lipinski definition) is 4. The van der Waals surface area contributed by atoms with Crippen molar-refractivity contribution in [3.05, 3.63) is 41.2 Å². The number of allylic oxidation sites excluding steroid dienone is 1. The molecule has 1 N–H and O–H groups in total. The number of ether oxygens (including phenoxy) is 1. The van der Waals surface area contributed by atoms with Crippen molar-refractivity contribution in [2.24, 2.45) is 0 Å². The third kappa shape index (κ3) is 4.17. The summed E-state index contributed by atoms with van der Waals surface area (Å²) in [5.74, 6) is -0.347. The fourth-order valence-electron chi connectivity index (χ4n) is 2.20. The summed E-state index contributed by atoms with van der Waals surface area (Å²) in [5.41, 5.74) is 3.00. The van der Waals surface area contributed by atoms with Crippen molar-refractivity contribution in [1.82, 2.24) is 10.3 Å². The number of hydrogen-bond donors (Lipinski definition) is 1. The maximum Gasteiger partial charge on any atom is 0.339 e. The molecule has 1 aromatic rings. The van der Waals surface area contributed by atoms with E-state index in [9.17, 15) is 4.79 Å². The molecule has 0 amide bonds. The molecule has 0 fully saturated rings. The summed E-state index contributed by atoms with van der Waals surface area (Å²) >= 11 is 0. The van der Waals surface area contributed by atoms with Crippen LogP contribution in [0, 0.1) is 0 Å². The fraction of sp³-hybridized carbons (Fsp3) is 0.467. The third-order valence-electron chi connectivity index (χ3n) is 3.31. The fourth-order valence-corrected chi connectivity index (χ4v) is 2.20. The molecule has 102 valence electrons. The Bertz CT molecular complexity index is 452. The summed E-state index contributed by atoms with van der Waals surface area (Å²) in [7, 11) is 1.37. The number of aromatic nitrogens is 1. The number of carbonyl (C=O) groups is 1. The van der Waals surface area contributed by atoms with Gasteiger partial charge < -0.3 is 10.1 Å². The van der Waals surface area contributed by atoms with Gasteiger partial charge in [-0.15, -0.1) is 0 Å². The number of nitrogens with one attached hydrogen (secondary N) is 1. The summed E-state index contributed by atoms with van der Waals surface area (Å²) < 4.78 is 4.63. The third-order valence-corrected chi connectivity index (χ3v) is 3.31. The van der Waals surface area contributed by atoms with Crippen molar-refractivity contribution < 1.29 is 9.53 Å². The first kappa shape index (κ1) is 13.7. The van der Waals surface area contributed by atoms with Crippen LogP contribution in [0.2, 0.25) is 0 Å². The zero-order valence-electron chi connectivity index (χ0n) is 11.3. The molecular weight excluding hydrogens is 240 g/mol. The maximum atomic E-state index is 11.2. The van der Waals surface area contributed by atoms with E-state index in [0.29, 0.717) is 5.56 Å². The monoisotopic (exact) mass is 260 g/mol. The summed E-state index contributed by atoms with van der Waals surface area (Å²) in [4.78, 5) is 15.5. The van der Waals surface area contributed by atoms with Crippen LogP contribution in [0.25, 0.3) is 0 Å². The van der Waals surface area contributed by atoms with Gasteiger partial charge in [-0.1, -0.05) is 11.6 Å². The van der Waals surface area contributed by atoms with E-state index in [1.807, 2.05) is 6.07 Å². The van der Waals surface area contributed by atoms with Crippen LogP contribution in [0.1, 0.15) is 41.7 Å². The molecule has 2 rings (SSSR count). The van der Waals surface area contributed by atoms with Crippen LogP contribution in [0.15, 0.2) is 30.0 Å². The standard InChI is InChI=1S/C15H20N2O2/c1-19-15(18)13-6-7-14(17-10-13)11-16-9-8-12-4-2-3-5-12/h4,6-7,10,16H,2-3,5,8-9,11H2,1H3. The van der Waals surface area contributed by atoms with E-state index in [0.717, 1.165) is 25.2 Å². The van der Waals surface area contributed by atoms with E-state index in [4.69, 9.17) is 0 Å². The second-order valence-electron chi connectivity index (χ2n) is 4.71. The van der Waals surface area contributed by atoms with Crippen LogP contribution in [0.3, 0.4) is 0 Å². The first-order chi connectivity index (χ1) is 9.29. The van der Waals surface area contributed by atoms with E-state index >= 15 is 0 Å². The molecule has 0 spiro atoms. The average Bonchev–Trinajstić information content (AvgIpc) is 2.96. The van der Waals surface area contributed by atoms with Crippen LogP contribution in [-0.4, -0.2) is 24.6 Å². The average molecular weight is 260 g/mol. The number of methoxy groups -OCH3 is 1. The zero-order valence-corrected chi connectivity index (χ0v) is 11.3.